The molecule has 1 aliphatic carbocycles. The molecule has 2 unspecified atom stereocenters. The summed E-state index contributed by atoms with van der Waals surface area (Å²) in [7, 11) is 0. The number of rotatable bonds is 3. The number of nitrogens with one attached hydrogen (secondary N) is 1. The van der Waals surface area contributed by atoms with Crippen LogP contribution in [0.3, 0.4) is 0 Å². The Morgan fingerprint density at radius 3 is 2.86 bits per heavy atom. The molecule has 1 N–H and O–H groups in total. The first-order chi connectivity index (χ1) is 6.66. The van der Waals surface area contributed by atoms with Crippen LogP contribution < -0.4 is 5.32 Å². The predicted molar refractivity (Wildman–Crippen MR) is 66.1 cm³/mol. The van der Waals surface area contributed by atoms with Crippen LogP contribution in [0, 0.1) is 5.92 Å². The van der Waals surface area contributed by atoms with Crippen molar-refractivity contribution in [3.63, 3.8) is 0 Å². The second-order valence-corrected chi connectivity index (χ2v) is 6.47. The number of thiophene rings is 1. The molecule has 1 heterocycles. The highest BCUT2D eigenvalue weighted by molar-refractivity contribution is 9.10. The van der Waals surface area contributed by atoms with Gasteiger partial charge in [-0.3, -0.25) is 0 Å². The average molecular weight is 295 g/mol. The van der Waals surface area contributed by atoms with Gasteiger partial charge in [-0.1, -0.05) is 18.5 Å². The van der Waals surface area contributed by atoms with Crippen LogP contribution in [0.25, 0.3) is 0 Å². The van der Waals surface area contributed by atoms with Gasteiger partial charge in [0.05, 0.1) is 0 Å². The van der Waals surface area contributed by atoms with Crippen LogP contribution >= 0.6 is 38.9 Å². The van der Waals surface area contributed by atoms with Crippen LogP contribution in [0.2, 0.25) is 4.34 Å². The maximum absolute atomic E-state index is 5.97. The van der Waals surface area contributed by atoms with E-state index >= 15 is 0 Å². The first-order valence-electron chi connectivity index (χ1n) is 4.84. The summed E-state index contributed by atoms with van der Waals surface area (Å²) in [6.45, 7) is 3.25. The molecule has 0 spiro atoms. The molecule has 4 heteroatoms. The van der Waals surface area contributed by atoms with Crippen molar-refractivity contribution in [2.24, 2.45) is 5.92 Å². The van der Waals surface area contributed by atoms with Gasteiger partial charge in [-0.25, -0.2) is 0 Å². The van der Waals surface area contributed by atoms with Crippen molar-refractivity contribution in [1.82, 2.24) is 5.32 Å². The normalized spacial score (nSPS) is 26.2. The highest BCUT2D eigenvalue weighted by Crippen LogP contribution is 2.32. The van der Waals surface area contributed by atoms with Crippen molar-refractivity contribution in [1.29, 1.82) is 0 Å². The summed E-state index contributed by atoms with van der Waals surface area (Å²) in [4.78, 5) is 1.31. The highest BCUT2D eigenvalue weighted by Gasteiger charge is 2.25. The number of hydrogen-bond donors (Lipinski definition) is 1. The Labute approximate surface area is 102 Å². The third-order valence-electron chi connectivity index (χ3n) is 2.85. The molecule has 0 amide bonds. The summed E-state index contributed by atoms with van der Waals surface area (Å²) in [5, 5.41) is 3.56. The van der Waals surface area contributed by atoms with Gasteiger partial charge in [0.15, 0.2) is 0 Å². The molecule has 14 heavy (non-hydrogen) atoms. The first-order valence-corrected chi connectivity index (χ1v) is 6.82. The van der Waals surface area contributed by atoms with E-state index in [4.69, 9.17) is 11.6 Å². The van der Waals surface area contributed by atoms with E-state index in [1.807, 2.05) is 0 Å². The minimum absolute atomic E-state index is 0.717. The summed E-state index contributed by atoms with van der Waals surface area (Å²) in [5.74, 6) is 0.842. The number of hydrogen-bond acceptors (Lipinski definition) is 2. The standard InChI is InChI=1S/C10H13BrClNS/c1-6-2-3-9(6)13-5-7-4-8(11)10(12)14-7/h4,6,9,13H,2-3,5H2,1H3. The monoisotopic (exact) mass is 293 g/mol. The Kier molecular flexibility index (Phi) is 3.53. The molecule has 0 bridgehead atoms. The largest absolute Gasteiger partial charge is 0.309 e. The summed E-state index contributed by atoms with van der Waals surface area (Å²) in [5.41, 5.74) is 0. The molecule has 0 radical (unpaired) electrons. The van der Waals surface area contributed by atoms with Crippen molar-refractivity contribution in [3.05, 3.63) is 19.8 Å². The average Bonchev–Trinajstić information content (AvgIpc) is 2.44. The molecule has 0 aliphatic heterocycles. The van der Waals surface area contributed by atoms with E-state index in [-0.39, 0.29) is 0 Å². The van der Waals surface area contributed by atoms with Gasteiger partial charge < -0.3 is 5.32 Å². The topological polar surface area (TPSA) is 12.0 Å². The zero-order chi connectivity index (χ0) is 10.1. The molecule has 0 saturated heterocycles. The van der Waals surface area contributed by atoms with Crippen LogP contribution in [-0.4, -0.2) is 6.04 Å². The van der Waals surface area contributed by atoms with Crippen LogP contribution in [0.1, 0.15) is 24.6 Å². The predicted octanol–water partition coefficient (Wildman–Crippen LogP) is 4.05. The Morgan fingerprint density at radius 1 is 1.64 bits per heavy atom. The third kappa shape index (κ3) is 2.32. The minimum atomic E-state index is 0.717. The van der Waals surface area contributed by atoms with Gasteiger partial charge in [-0.05, 0) is 40.8 Å². The Bertz CT molecular complexity index is 306. The second kappa shape index (κ2) is 4.52. The van der Waals surface area contributed by atoms with Crippen LogP contribution in [-0.2, 0) is 6.54 Å². The van der Waals surface area contributed by atoms with Gasteiger partial charge in [0.2, 0.25) is 0 Å². The van der Waals surface area contributed by atoms with Crippen molar-refractivity contribution in [2.45, 2.75) is 32.4 Å². The molecular weight excluding hydrogens is 282 g/mol. The van der Waals surface area contributed by atoms with Gasteiger partial charge in [0.25, 0.3) is 0 Å². The molecule has 78 valence electrons. The van der Waals surface area contributed by atoms with E-state index in [1.165, 1.54) is 17.7 Å². The van der Waals surface area contributed by atoms with Crippen LogP contribution in [0.4, 0.5) is 0 Å². The Morgan fingerprint density at radius 2 is 2.43 bits per heavy atom. The van der Waals surface area contributed by atoms with Gasteiger partial charge in [-0.15, -0.1) is 11.3 Å². The maximum Gasteiger partial charge on any atom is 0.107 e. The Balaban J connectivity index is 1.85. The lowest BCUT2D eigenvalue weighted by Gasteiger charge is -2.34. The van der Waals surface area contributed by atoms with Gasteiger partial charge in [-0.2, -0.15) is 0 Å². The molecule has 1 aromatic heterocycles. The maximum atomic E-state index is 5.97. The van der Waals surface area contributed by atoms with E-state index in [2.05, 4.69) is 34.2 Å². The molecule has 2 atom stereocenters. The van der Waals surface area contributed by atoms with Gasteiger partial charge >= 0.3 is 0 Å². The molecule has 1 aliphatic rings. The van der Waals surface area contributed by atoms with Gasteiger partial charge in [0.1, 0.15) is 4.34 Å². The third-order valence-corrected chi connectivity index (χ3v) is 5.33. The summed E-state index contributed by atoms with van der Waals surface area (Å²) in [6, 6.07) is 2.82. The van der Waals surface area contributed by atoms with Crippen LogP contribution in [0.5, 0.6) is 0 Å². The molecule has 1 aromatic rings. The highest BCUT2D eigenvalue weighted by atomic mass is 79.9. The Hall–Kier alpha value is 0.430. The molecule has 2 rings (SSSR count). The van der Waals surface area contributed by atoms with Crippen molar-refractivity contribution < 1.29 is 0 Å². The fraction of sp³-hybridized carbons (Fsp3) is 0.600. The molecule has 1 fully saturated rings. The smallest absolute Gasteiger partial charge is 0.107 e. The van der Waals surface area contributed by atoms with Crippen molar-refractivity contribution in [3.8, 4) is 0 Å². The SMILES string of the molecule is CC1CCC1NCc1cc(Br)c(Cl)s1. The molecular formula is C10H13BrClNS. The lowest BCUT2D eigenvalue weighted by molar-refractivity contribution is 0.229. The fourth-order valence-electron chi connectivity index (χ4n) is 1.68. The van der Waals surface area contributed by atoms with E-state index in [0.29, 0.717) is 0 Å². The first kappa shape index (κ1) is 10.9. The summed E-state index contributed by atoms with van der Waals surface area (Å²) in [6.07, 6.45) is 2.69. The minimum Gasteiger partial charge on any atom is -0.309 e. The lowest BCUT2D eigenvalue weighted by Crippen LogP contribution is -2.41. The van der Waals surface area contributed by atoms with Crippen LogP contribution in [0.15, 0.2) is 10.5 Å². The van der Waals surface area contributed by atoms with E-state index in [0.717, 1.165) is 27.3 Å². The second-order valence-electron chi connectivity index (χ2n) is 3.88. The van der Waals surface area contributed by atoms with E-state index < -0.39 is 0 Å². The quantitative estimate of drug-likeness (QED) is 0.887. The molecule has 1 saturated carbocycles. The molecule has 1 nitrogen and oxygen atoms in total. The van der Waals surface area contributed by atoms with Crippen molar-refractivity contribution >= 4 is 38.9 Å². The number of halogens is 2. The summed E-state index contributed by atoms with van der Waals surface area (Å²) >= 11 is 11.0. The van der Waals surface area contributed by atoms with E-state index in [9.17, 15) is 0 Å². The zero-order valence-electron chi connectivity index (χ0n) is 8.02. The molecule has 0 aromatic carbocycles. The fourth-order valence-corrected chi connectivity index (χ4v) is 3.42. The van der Waals surface area contributed by atoms with Crippen molar-refractivity contribution in [2.75, 3.05) is 0 Å². The lowest BCUT2D eigenvalue weighted by atomic mass is 9.81. The van der Waals surface area contributed by atoms with E-state index in [1.54, 1.807) is 11.3 Å². The summed E-state index contributed by atoms with van der Waals surface area (Å²) < 4.78 is 1.87. The zero-order valence-corrected chi connectivity index (χ0v) is 11.2. The van der Waals surface area contributed by atoms with Gasteiger partial charge in [0, 0.05) is 21.9 Å².